The maximum atomic E-state index is 13.0. The molecule has 1 aliphatic rings. The number of hydrogen-bond donors (Lipinski definition) is 3. The minimum Gasteiger partial charge on any atom is -0.444 e. The molecule has 0 radical (unpaired) electrons. The lowest BCUT2D eigenvalue weighted by Crippen LogP contribution is -2.32. The molecular weight excluding hydrogens is 542 g/mol. The topological polar surface area (TPSA) is 122 Å². The number of alkyl carbamates (subject to hydrolysis) is 1. The van der Waals surface area contributed by atoms with Gasteiger partial charge in [0.15, 0.2) is 0 Å². The quantitative estimate of drug-likeness (QED) is 0.239. The number of rotatable bonds is 7. The van der Waals surface area contributed by atoms with E-state index in [1.807, 2.05) is 36.4 Å². The molecule has 1 saturated carbocycles. The van der Waals surface area contributed by atoms with Crippen LogP contribution in [0.15, 0.2) is 73.2 Å². The van der Waals surface area contributed by atoms with Gasteiger partial charge in [0.1, 0.15) is 11.4 Å². The lowest BCUT2D eigenvalue weighted by Gasteiger charge is -2.19. The van der Waals surface area contributed by atoms with Crippen LogP contribution in [-0.2, 0) is 16.1 Å². The van der Waals surface area contributed by atoms with Gasteiger partial charge in [-0.05, 0) is 80.6 Å². The standard InChI is InChI=1S/C31H30ClN5O4/c1-31(2,3)41-30(40)35-15-18-9-10-34-27(11-18)37-28(38)20-6-4-5-19(12-20)23-14-25(23)29(39)36-22-8-7-21-16-33-17-26(32)24(21)13-22/h4-13,16-17,23,25H,14-15H2,1-3H3,(H,35,40)(H,36,39)(H,34,37,38)/t23-,25+/m0/s1. The lowest BCUT2D eigenvalue weighted by molar-refractivity contribution is -0.117. The van der Waals surface area contributed by atoms with Gasteiger partial charge < -0.3 is 20.7 Å². The van der Waals surface area contributed by atoms with Gasteiger partial charge in [0.2, 0.25) is 5.91 Å². The summed E-state index contributed by atoms with van der Waals surface area (Å²) in [5, 5.41) is 10.7. The first-order chi connectivity index (χ1) is 19.6. The van der Waals surface area contributed by atoms with Gasteiger partial charge in [-0.3, -0.25) is 14.6 Å². The molecule has 10 heteroatoms. The number of halogens is 1. The smallest absolute Gasteiger partial charge is 0.407 e. The SMILES string of the molecule is CC(C)(C)OC(=O)NCc1ccnc(NC(=O)c2cccc([C@@H]3C[C@H]3C(=O)Nc3ccc4cncc(Cl)c4c3)c2)c1. The Morgan fingerprint density at radius 3 is 2.66 bits per heavy atom. The number of hydrogen-bond acceptors (Lipinski definition) is 6. The van der Waals surface area contributed by atoms with Crippen molar-refractivity contribution in [2.24, 2.45) is 5.92 Å². The zero-order valence-electron chi connectivity index (χ0n) is 22.9. The van der Waals surface area contributed by atoms with Crippen LogP contribution in [0.25, 0.3) is 10.8 Å². The molecule has 0 unspecified atom stereocenters. The van der Waals surface area contributed by atoms with E-state index in [9.17, 15) is 14.4 Å². The van der Waals surface area contributed by atoms with E-state index >= 15 is 0 Å². The monoisotopic (exact) mass is 571 g/mol. The maximum Gasteiger partial charge on any atom is 0.407 e. The third kappa shape index (κ3) is 7.18. The highest BCUT2D eigenvalue weighted by Crippen LogP contribution is 2.48. The molecule has 210 valence electrons. The number of carbonyl (C=O) groups excluding carboxylic acids is 3. The first-order valence-electron chi connectivity index (χ1n) is 13.2. The van der Waals surface area contributed by atoms with E-state index in [0.717, 1.165) is 21.9 Å². The second-order valence-electron chi connectivity index (χ2n) is 11.0. The van der Waals surface area contributed by atoms with Gasteiger partial charge >= 0.3 is 6.09 Å². The van der Waals surface area contributed by atoms with Crippen molar-refractivity contribution in [3.8, 4) is 0 Å². The Balaban J connectivity index is 1.18. The van der Waals surface area contributed by atoms with Gasteiger partial charge in [-0.1, -0.05) is 29.8 Å². The van der Waals surface area contributed by atoms with Gasteiger partial charge in [-0.2, -0.15) is 0 Å². The number of ether oxygens (including phenoxy) is 1. The number of carbonyl (C=O) groups is 3. The molecule has 5 rings (SSSR count). The fourth-order valence-electron chi connectivity index (χ4n) is 4.53. The molecule has 4 aromatic rings. The van der Waals surface area contributed by atoms with Crippen LogP contribution in [0, 0.1) is 5.92 Å². The maximum absolute atomic E-state index is 13.0. The number of benzene rings is 2. The second kappa shape index (κ2) is 11.5. The molecule has 9 nitrogen and oxygen atoms in total. The molecule has 2 aromatic carbocycles. The molecule has 0 spiro atoms. The molecule has 1 fully saturated rings. The van der Waals surface area contributed by atoms with Gasteiger partial charge in [0, 0.05) is 53.1 Å². The molecule has 41 heavy (non-hydrogen) atoms. The zero-order valence-corrected chi connectivity index (χ0v) is 23.7. The van der Waals surface area contributed by atoms with Crippen molar-refractivity contribution in [1.82, 2.24) is 15.3 Å². The minimum atomic E-state index is -0.593. The third-order valence-electron chi connectivity index (χ3n) is 6.59. The average Bonchev–Trinajstić information content (AvgIpc) is 3.73. The predicted molar refractivity (Wildman–Crippen MR) is 158 cm³/mol. The largest absolute Gasteiger partial charge is 0.444 e. The van der Waals surface area contributed by atoms with Gasteiger partial charge in [0.05, 0.1) is 5.02 Å². The highest BCUT2D eigenvalue weighted by atomic mass is 35.5. The summed E-state index contributed by atoms with van der Waals surface area (Å²) in [6.07, 6.45) is 5.04. The minimum absolute atomic E-state index is 0.0244. The Morgan fingerprint density at radius 1 is 1.02 bits per heavy atom. The molecule has 0 saturated heterocycles. The van der Waals surface area contributed by atoms with Crippen LogP contribution in [0.5, 0.6) is 0 Å². The summed E-state index contributed by atoms with van der Waals surface area (Å²) in [4.78, 5) is 46.2. The van der Waals surface area contributed by atoms with Crippen molar-refractivity contribution in [2.75, 3.05) is 10.6 Å². The molecule has 1 aliphatic carbocycles. The number of fused-ring (bicyclic) bond motifs is 1. The summed E-state index contributed by atoms with van der Waals surface area (Å²) < 4.78 is 5.25. The van der Waals surface area contributed by atoms with Crippen molar-refractivity contribution in [3.05, 3.63) is 94.9 Å². The molecule has 2 heterocycles. The molecular formula is C31H30ClN5O4. The summed E-state index contributed by atoms with van der Waals surface area (Å²) in [5.41, 5.74) is 2.22. The Bertz CT molecular complexity index is 1630. The van der Waals surface area contributed by atoms with Crippen molar-refractivity contribution < 1.29 is 19.1 Å². The van der Waals surface area contributed by atoms with E-state index in [0.29, 0.717) is 28.5 Å². The summed E-state index contributed by atoms with van der Waals surface area (Å²) in [5.74, 6) is -0.195. The molecule has 3 amide bonds. The highest BCUT2D eigenvalue weighted by molar-refractivity contribution is 6.35. The molecule has 2 aromatic heterocycles. The zero-order chi connectivity index (χ0) is 29.1. The van der Waals surface area contributed by atoms with Crippen molar-refractivity contribution in [2.45, 2.75) is 45.3 Å². The van der Waals surface area contributed by atoms with Crippen molar-refractivity contribution in [1.29, 1.82) is 0 Å². The third-order valence-corrected chi connectivity index (χ3v) is 6.89. The predicted octanol–water partition coefficient (Wildman–Crippen LogP) is 6.30. The van der Waals surface area contributed by atoms with Gasteiger partial charge in [-0.15, -0.1) is 0 Å². The van der Waals surface area contributed by atoms with Crippen molar-refractivity contribution >= 4 is 51.8 Å². The summed E-state index contributed by atoms with van der Waals surface area (Å²) >= 11 is 6.26. The Hall–Kier alpha value is -4.50. The summed E-state index contributed by atoms with van der Waals surface area (Å²) in [7, 11) is 0. The normalized spacial score (nSPS) is 16.1. The number of aromatic nitrogens is 2. The van der Waals surface area contributed by atoms with E-state index in [1.165, 1.54) is 0 Å². The van der Waals surface area contributed by atoms with Gasteiger partial charge in [-0.25, -0.2) is 9.78 Å². The van der Waals surface area contributed by atoms with E-state index in [-0.39, 0.29) is 30.2 Å². The van der Waals surface area contributed by atoms with E-state index in [2.05, 4.69) is 25.9 Å². The Kier molecular flexibility index (Phi) is 7.90. The Morgan fingerprint density at radius 2 is 1.85 bits per heavy atom. The van der Waals surface area contributed by atoms with Crippen LogP contribution in [0.1, 0.15) is 54.6 Å². The second-order valence-corrected chi connectivity index (χ2v) is 11.4. The lowest BCUT2D eigenvalue weighted by atomic mass is 10.0. The van der Waals surface area contributed by atoms with E-state index < -0.39 is 11.7 Å². The van der Waals surface area contributed by atoms with Crippen LogP contribution in [0.2, 0.25) is 5.02 Å². The number of amides is 3. The number of nitrogens with zero attached hydrogens (tertiary/aromatic N) is 2. The highest BCUT2D eigenvalue weighted by Gasteiger charge is 2.44. The van der Waals surface area contributed by atoms with Crippen LogP contribution in [0.3, 0.4) is 0 Å². The summed E-state index contributed by atoms with van der Waals surface area (Å²) in [6, 6.07) is 16.3. The van der Waals surface area contributed by atoms with Crippen molar-refractivity contribution in [3.63, 3.8) is 0 Å². The van der Waals surface area contributed by atoms with Crippen LogP contribution in [0.4, 0.5) is 16.3 Å². The fourth-order valence-corrected chi connectivity index (χ4v) is 4.75. The Labute approximate surface area is 242 Å². The van der Waals surface area contributed by atoms with Crippen LogP contribution < -0.4 is 16.0 Å². The number of nitrogens with one attached hydrogen (secondary N) is 3. The van der Waals surface area contributed by atoms with Crippen LogP contribution >= 0.6 is 11.6 Å². The molecule has 3 N–H and O–H groups in total. The van der Waals surface area contributed by atoms with Crippen LogP contribution in [-0.4, -0.2) is 33.5 Å². The van der Waals surface area contributed by atoms with E-state index in [4.69, 9.17) is 16.3 Å². The first-order valence-corrected chi connectivity index (χ1v) is 13.6. The molecule has 0 bridgehead atoms. The number of pyridine rings is 2. The van der Waals surface area contributed by atoms with Gasteiger partial charge in [0.25, 0.3) is 5.91 Å². The molecule has 0 aliphatic heterocycles. The summed E-state index contributed by atoms with van der Waals surface area (Å²) in [6.45, 7) is 5.60. The fraction of sp³-hybridized carbons (Fsp3) is 0.258. The molecule has 2 atom stereocenters. The number of anilines is 2. The average molecular weight is 572 g/mol. The first kappa shape index (κ1) is 28.0. The van der Waals surface area contributed by atoms with E-state index in [1.54, 1.807) is 57.6 Å².